The van der Waals surface area contributed by atoms with Crippen LogP contribution in [0.2, 0.25) is 0 Å². The van der Waals surface area contributed by atoms with Gasteiger partial charge in [-0.1, -0.05) is 72.3 Å². The Labute approximate surface area is 140 Å². The van der Waals surface area contributed by atoms with Crippen molar-refractivity contribution in [2.45, 2.75) is 17.9 Å². The Balaban J connectivity index is 2.58. The van der Waals surface area contributed by atoms with E-state index in [4.69, 9.17) is 21.1 Å². The van der Waals surface area contributed by atoms with Crippen LogP contribution in [0, 0.1) is 0 Å². The lowest BCUT2D eigenvalue weighted by Crippen LogP contribution is -2.39. The van der Waals surface area contributed by atoms with Crippen LogP contribution in [0.4, 0.5) is 0 Å². The SMILES string of the molecule is CCOC(=O)[C@@](Cl)(c1ccccc1)[C@H](OC=O)c1ccccc1. The molecule has 0 heterocycles. The fraction of sp³-hybridized carbons (Fsp3) is 0.222. The van der Waals surface area contributed by atoms with E-state index in [-0.39, 0.29) is 13.1 Å². The quantitative estimate of drug-likeness (QED) is 0.441. The third kappa shape index (κ3) is 3.54. The predicted octanol–water partition coefficient (Wildman–Crippen LogP) is 3.60. The molecule has 0 saturated heterocycles. The molecule has 2 aromatic rings. The molecular weight excluding hydrogens is 316 g/mol. The molecular formula is C18H17ClO4. The molecule has 5 heteroatoms. The van der Waals surface area contributed by atoms with Crippen LogP contribution < -0.4 is 0 Å². The van der Waals surface area contributed by atoms with Crippen molar-refractivity contribution in [1.29, 1.82) is 0 Å². The van der Waals surface area contributed by atoms with Gasteiger partial charge in [0.1, 0.15) is 0 Å². The standard InChI is InChI=1S/C18H17ClO4/c1-2-22-17(21)18(19,15-11-7-4-8-12-15)16(23-13-20)14-9-5-3-6-10-14/h3-13,16H,2H2,1H3/t16-,18-/m1/s1. The Kier molecular flexibility index (Phi) is 5.77. The average Bonchev–Trinajstić information content (AvgIpc) is 2.60. The smallest absolute Gasteiger partial charge is 0.336 e. The second kappa shape index (κ2) is 7.79. The molecule has 0 fully saturated rings. The third-order valence-electron chi connectivity index (χ3n) is 3.42. The first-order chi connectivity index (χ1) is 11.1. The van der Waals surface area contributed by atoms with Gasteiger partial charge in [-0.2, -0.15) is 0 Å². The second-order valence-electron chi connectivity index (χ2n) is 4.82. The summed E-state index contributed by atoms with van der Waals surface area (Å²) in [6.45, 7) is 2.15. The van der Waals surface area contributed by atoms with Crippen molar-refractivity contribution in [2.24, 2.45) is 0 Å². The minimum atomic E-state index is -1.67. The molecule has 2 aromatic carbocycles. The maximum Gasteiger partial charge on any atom is 0.336 e. The number of alkyl halides is 1. The number of ether oxygens (including phenoxy) is 2. The van der Waals surface area contributed by atoms with E-state index in [2.05, 4.69) is 0 Å². The summed E-state index contributed by atoms with van der Waals surface area (Å²) in [6, 6.07) is 17.6. The molecule has 0 aliphatic heterocycles. The van der Waals surface area contributed by atoms with Crippen molar-refractivity contribution in [2.75, 3.05) is 6.61 Å². The normalized spacial score (nSPS) is 14.3. The van der Waals surface area contributed by atoms with Gasteiger partial charge in [-0.3, -0.25) is 4.79 Å². The molecule has 0 N–H and O–H groups in total. The summed E-state index contributed by atoms with van der Waals surface area (Å²) in [5.41, 5.74) is 1.10. The Hall–Kier alpha value is -2.33. The van der Waals surface area contributed by atoms with Crippen molar-refractivity contribution in [3.8, 4) is 0 Å². The third-order valence-corrected chi connectivity index (χ3v) is 3.99. The van der Waals surface area contributed by atoms with Crippen molar-refractivity contribution >= 4 is 24.0 Å². The molecule has 0 saturated carbocycles. The highest BCUT2D eigenvalue weighted by Gasteiger charge is 2.49. The first kappa shape index (κ1) is 17.0. The van der Waals surface area contributed by atoms with Gasteiger partial charge in [0, 0.05) is 0 Å². The van der Waals surface area contributed by atoms with Crippen molar-refractivity contribution in [1.82, 2.24) is 0 Å². The van der Waals surface area contributed by atoms with Crippen LogP contribution in [0.25, 0.3) is 0 Å². The van der Waals surface area contributed by atoms with E-state index >= 15 is 0 Å². The zero-order chi connectivity index (χ0) is 16.7. The van der Waals surface area contributed by atoms with E-state index in [1.807, 2.05) is 12.1 Å². The molecule has 0 spiro atoms. The monoisotopic (exact) mass is 332 g/mol. The molecule has 0 aromatic heterocycles. The molecule has 0 aliphatic rings. The summed E-state index contributed by atoms with van der Waals surface area (Å²) in [7, 11) is 0. The molecule has 0 amide bonds. The molecule has 0 bridgehead atoms. The van der Waals surface area contributed by atoms with Gasteiger partial charge in [-0.15, -0.1) is 0 Å². The van der Waals surface area contributed by atoms with Crippen molar-refractivity contribution in [3.63, 3.8) is 0 Å². The molecule has 0 unspecified atom stereocenters. The molecule has 0 radical (unpaired) electrons. The van der Waals surface area contributed by atoms with Crippen LogP contribution in [0.15, 0.2) is 60.7 Å². The van der Waals surface area contributed by atoms with Crippen LogP contribution in [0.1, 0.15) is 24.2 Å². The Morgan fingerprint density at radius 2 is 1.70 bits per heavy atom. The maximum absolute atomic E-state index is 12.6. The summed E-state index contributed by atoms with van der Waals surface area (Å²) in [4.78, 5) is 22.0. The fourth-order valence-electron chi connectivity index (χ4n) is 2.38. The minimum Gasteiger partial charge on any atom is -0.464 e. The highest BCUT2D eigenvalue weighted by molar-refractivity contribution is 6.34. The van der Waals surface area contributed by atoms with Crippen LogP contribution in [0.5, 0.6) is 0 Å². The van der Waals surface area contributed by atoms with E-state index in [0.717, 1.165) is 0 Å². The summed E-state index contributed by atoms with van der Waals surface area (Å²) in [5, 5.41) is 0. The number of carbonyl (C=O) groups is 2. The number of benzene rings is 2. The van der Waals surface area contributed by atoms with Crippen molar-refractivity contribution < 1.29 is 19.1 Å². The zero-order valence-corrected chi connectivity index (χ0v) is 13.4. The second-order valence-corrected chi connectivity index (χ2v) is 5.42. The van der Waals surface area contributed by atoms with Gasteiger partial charge in [0.2, 0.25) is 4.87 Å². The molecule has 120 valence electrons. The molecule has 2 rings (SSSR count). The van der Waals surface area contributed by atoms with E-state index in [0.29, 0.717) is 11.1 Å². The summed E-state index contributed by atoms with van der Waals surface area (Å²) in [5.74, 6) is -0.663. The molecule has 4 nitrogen and oxygen atoms in total. The Bertz CT molecular complexity index is 645. The number of hydrogen-bond acceptors (Lipinski definition) is 4. The lowest BCUT2D eigenvalue weighted by Gasteiger charge is -2.32. The fourth-order valence-corrected chi connectivity index (χ4v) is 2.74. The van der Waals surface area contributed by atoms with Crippen LogP contribution in [0.3, 0.4) is 0 Å². The van der Waals surface area contributed by atoms with E-state index in [9.17, 15) is 9.59 Å². The lowest BCUT2D eigenvalue weighted by molar-refractivity contribution is -0.154. The Morgan fingerprint density at radius 1 is 1.13 bits per heavy atom. The highest BCUT2D eigenvalue weighted by Crippen LogP contribution is 2.44. The minimum absolute atomic E-state index is 0.169. The molecule has 23 heavy (non-hydrogen) atoms. The van der Waals surface area contributed by atoms with Gasteiger partial charge in [-0.25, -0.2) is 4.79 Å². The first-order valence-corrected chi connectivity index (χ1v) is 7.58. The predicted molar refractivity (Wildman–Crippen MR) is 86.9 cm³/mol. The van der Waals surface area contributed by atoms with Gasteiger partial charge in [0.15, 0.2) is 6.10 Å². The van der Waals surface area contributed by atoms with Crippen molar-refractivity contribution in [3.05, 3.63) is 71.8 Å². The average molecular weight is 333 g/mol. The zero-order valence-electron chi connectivity index (χ0n) is 12.6. The number of carbonyl (C=O) groups excluding carboxylic acids is 2. The summed E-state index contributed by atoms with van der Waals surface area (Å²) in [6.07, 6.45) is -1.01. The van der Waals surface area contributed by atoms with E-state index < -0.39 is 16.9 Å². The van der Waals surface area contributed by atoms with Gasteiger partial charge in [-0.05, 0) is 18.1 Å². The number of rotatable bonds is 7. The molecule has 0 aliphatic carbocycles. The Morgan fingerprint density at radius 3 is 2.22 bits per heavy atom. The number of halogens is 1. The maximum atomic E-state index is 12.6. The lowest BCUT2D eigenvalue weighted by atomic mass is 9.88. The molecule has 2 atom stereocenters. The highest BCUT2D eigenvalue weighted by atomic mass is 35.5. The number of hydrogen-bond donors (Lipinski definition) is 0. The summed E-state index contributed by atoms with van der Waals surface area (Å²) >= 11 is 6.71. The van der Waals surface area contributed by atoms with Crippen LogP contribution >= 0.6 is 11.6 Å². The van der Waals surface area contributed by atoms with E-state index in [1.54, 1.807) is 55.5 Å². The van der Waals surface area contributed by atoms with Gasteiger partial charge >= 0.3 is 5.97 Å². The number of esters is 1. The van der Waals surface area contributed by atoms with Gasteiger partial charge < -0.3 is 9.47 Å². The van der Waals surface area contributed by atoms with Crippen LogP contribution in [-0.2, 0) is 23.9 Å². The summed E-state index contributed by atoms with van der Waals surface area (Å²) < 4.78 is 10.3. The first-order valence-electron chi connectivity index (χ1n) is 7.20. The largest absolute Gasteiger partial charge is 0.464 e. The van der Waals surface area contributed by atoms with Gasteiger partial charge in [0.25, 0.3) is 6.47 Å². The van der Waals surface area contributed by atoms with Gasteiger partial charge in [0.05, 0.1) is 6.61 Å². The van der Waals surface area contributed by atoms with Crippen LogP contribution in [-0.4, -0.2) is 19.0 Å². The van der Waals surface area contributed by atoms with E-state index in [1.165, 1.54) is 0 Å². The topological polar surface area (TPSA) is 52.6 Å².